The Bertz CT molecular complexity index is 1440. The second kappa shape index (κ2) is 13.6. The number of pyridine rings is 1. The van der Waals surface area contributed by atoms with E-state index in [1.54, 1.807) is 24.4 Å². The van der Waals surface area contributed by atoms with E-state index in [0.29, 0.717) is 17.2 Å². The summed E-state index contributed by atoms with van der Waals surface area (Å²) in [6.07, 6.45) is 3.86. The largest absolute Gasteiger partial charge is 0.455 e. The molecule has 3 aromatic heterocycles. The summed E-state index contributed by atoms with van der Waals surface area (Å²) >= 11 is 16.5. The van der Waals surface area contributed by atoms with Crippen molar-refractivity contribution >= 4 is 70.1 Å². The Labute approximate surface area is 235 Å². The van der Waals surface area contributed by atoms with Gasteiger partial charge in [0.05, 0.1) is 16.0 Å². The predicted molar refractivity (Wildman–Crippen MR) is 143 cm³/mol. The summed E-state index contributed by atoms with van der Waals surface area (Å²) in [7, 11) is 0. The van der Waals surface area contributed by atoms with Crippen molar-refractivity contribution in [1.29, 1.82) is 0 Å². The first-order chi connectivity index (χ1) is 17.6. The third-order valence-corrected chi connectivity index (χ3v) is 5.26. The van der Waals surface area contributed by atoms with Crippen LogP contribution in [0.4, 0.5) is 22.9 Å². The van der Waals surface area contributed by atoms with E-state index in [4.69, 9.17) is 39.5 Å². The average molecular weight is 602 g/mol. The fourth-order valence-corrected chi connectivity index (χ4v) is 3.37. The highest BCUT2D eigenvalue weighted by molar-refractivity contribution is 6.36. The van der Waals surface area contributed by atoms with Gasteiger partial charge in [-0.2, -0.15) is 0 Å². The standard InChI is InChI=1S/C17H14ClN5O3.C4HCl2N3O2.ClH/c1-10-7-12(22-17-15(23(24)25)16(18)20-9-21-17)4-6-14(10)26-13-5-3-11(2)19-8-13;5-3-2(9(10)11)4(6)8-1-7-3;/h3-9H,1-2H3,(H,20,21,22);1H;1H. The van der Waals surface area contributed by atoms with Crippen molar-refractivity contribution in [1.82, 2.24) is 24.9 Å². The zero-order chi connectivity index (χ0) is 27.1. The third kappa shape index (κ3) is 7.79. The van der Waals surface area contributed by atoms with E-state index >= 15 is 0 Å². The number of halogens is 4. The summed E-state index contributed by atoms with van der Waals surface area (Å²) in [4.78, 5) is 38.5. The van der Waals surface area contributed by atoms with E-state index in [-0.39, 0.29) is 39.4 Å². The SMILES string of the molecule is Cc1ccc(Oc2ccc(Nc3ncnc(Cl)c3[N+](=O)[O-])cc2C)cn1.Cl.O=[N+]([O-])c1c(Cl)ncnc1Cl. The Kier molecular flexibility index (Phi) is 10.8. The Morgan fingerprint density at radius 2 is 1.39 bits per heavy atom. The van der Waals surface area contributed by atoms with Crippen molar-refractivity contribution in [2.24, 2.45) is 0 Å². The highest BCUT2D eigenvalue weighted by Crippen LogP contribution is 2.33. The molecule has 17 heteroatoms. The fourth-order valence-electron chi connectivity index (χ4n) is 2.72. The first kappa shape index (κ1) is 30.3. The van der Waals surface area contributed by atoms with Gasteiger partial charge in [0, 0.05) is 11.4 Å². The van der Waals surface area contributed by atoms with Crippen LogP contribution < -0.4 is 10.1 Å². The number of nitro groups is 2. The monoisotopic (exact) mass is 600 g/mol. The van der Waals surface area contributed by atoms with Crippen molar-refractivity contribution < 1.29 is 14.6 Å². The van der Waals surface area contributed by atoms with Crippen molar-refractivity contribution in [3.8, 4) is 11.5 Å². The maximum absolute atomic E-state index is 11.2. The molecule has 0 aliphatic rings. The van der Waals surface area contributed by atoms with Gasteiger partial charge >= 0.3 is 11.4 Å². The molecule has 4 aromatic rings. The van der Waals surface area contributed by atoms with Gasteiger partial charge in [-0.3, -0.25) is 25.2 Å². The van der Waals surface area contributed by atoms with Gasteiger partial charge in [-0.05, 0) is 49.7 Å². The predicted octanol–water partition coefficient (Wildman–Crippen LogP) is 6.70. The van der Waals surface area contributed by atoms with Crippen molar-refractivity contribution in [2.45, 2.75) is 13.8 Å². The molecule has 3 heterocycles. The normalized spacial score (nSPS) is 9.92. The van der Waals surface area contributed by atoms with Gasteiger partial charge in [0.25, 0.3) is 0 Å². The first-order valence-corrected chi connectivity index (χ1v) is 11.1. The second-order valence-corrected chi connectivity index (χ2v) is 8.10. The molecule has 38 heavy (non-hydrogen) atoms. The Balaban J connectivity index is 0.000000356. The molecule has 0 bridgehead atoms. The minimum Gasteiger partial charge on any atom is -0.455 e. The number of aromatic nitrogens is 5. The fraction of sp³-hybridized carbons (Fsp3) is 0.0952. The number of nitrogens with zero attached hydrogens (tertiary/aromatic N) is 7. The lowest BCUT2D eigenvalue weighted by Crippen LogP contribution is -2.02. The van der Waals surface area contributed by atoms with Crippen molar-refractivity contribution in [3.05, 3.63) is 96.1 Å². The number of ether oxygens (including phenoxy) is 1. The molecule has 198 valence electrons. The van der Waals surface area contributed by atoms with E-state index in [1.807, 2.05) is 26.0 Å². The van der Waals surface area contributed by atoms with Gasteiger partial charge in [0.15, 0.2) is 0 Å². The van der Waals surface area contributed by atoms with E-state index in [0.717, 1.165) is 23.9 Å². The van der Waals surface area contributed by atoms with Crippen LogP contribution in [0.25, 0.3) is 0 Å². The molecule has 0 atom stereocenters. The van der Waals surface area contributed by atoms with Gasteiger partial charge < -0.3 is 10.1 Å². The number of aryl methyl sites for hydroxylation is 2. The molecular formula is C21H16Cl4N8O5. The van der Waals surface area contributed by atoms with Crippen LogP contribution in [0.1, 0.15) is 11.3 Å². The number of rotatable bonds is 6. The number of anilines is 2. The molecule has 0 unspecified atom stereocenters. The molecule has 0 saturated heterocycles. The van der Waals surface area contributed by atoms with Crippen LogP contribution in [-0.4, -0.2) is 34.8 Å². The minimum absolute atomic E-state index is 0. The summed E-state index contributed by atoms with van der Waals surface area (Å²) < 4.78 is 5.81. The number of benzene rings is 1. The lowest BCUT2D eigenvalue weighted by molar-refractivity contribution is -0.385. The Morgan fingerprint density at radius 3 is 1.89 bits per heavy atom. The minimum atomic E-state index is -0.731. The van der Waals surface area contributed by atoms with Crippen LogP contribution in [0.15, 0.2) is 49.2 Å². The maximum Gasteiger partial charge on any atom is 0.348 e. The molecule has 0 radical (unpaired) electrons. The molecule has 4 rings (SSSR count). The highest BCUT2D eigenvalue weighted by atomic mass is 35.5. The molecule has 0 aliphatic heterocycles. The average Bonchev–Trinajstić information content (AvgIpc) is 2.82. The summed E-state index contributed by atoms with van der Waals surface area (Å²) in [6, 6.07) is 8.96. The molecule has 0 saturated carbocycles. The number of nitrogens with one attached hydrogen (secondary N) is 1. The van der Waals surface area contributed by atoms with Gasteiger partial charge in [-0.25, -0.2) is 19.9 Å². The highest BCUT2D eigenvalue weighted by Gasteiger charge is 2.22. The molecule has 0 fully saturated rings. The molecular weight excluding hydrogens is 586 g/mol. The number of hydrogen-bond donors (Lipinski definition) is 1. The molecule has 1 aromatic carbocycles. The second-order valence-electron chi connectivity index (χ2n) is 7.02. The zero-order valence-corrected chi connectivity index (χ0v) is 22.4. The van der Waals surface area contributed by atoms with E-state index in [2.05, 4.69) is 30.2 Å². The van der Waals surface area contributed by atoms with E-state index in [9.17, 15) is 20.2 Å². The molecule has 13 nitrogen and oxygen atoms in total. The van der Waals surface area contributed by atoms with Crippen LogP contribution in [-0.2, 0) is 0 Å². The van der Waals surface area contributed by atoms with Gasteiger partial charge in [-0.15, -0.1) is 12.4 Å². The molecule has 0 aliphatic carbocycles. The molecule has 0 spiro atoms. The molecule has 1 N–H and O–H groups in total. The summed E-state index contributed by atoms with van der Waals surface area (Å²) in [5.74, 6) is 1.29. The van der Waals surface area contributed by atoms with Crippen LogP contribution in [0.5, 0.6) is 11.5 Å². The maximum atomic E-state index is 11.2. The van der Waals surface area contributed by atoms with Gasteiger partial charge in [0.1, 0.15) is 24.2 Å². The van der Waals surface area contributed by atoms with Gasteiger partial charge in [-0.1, -0.05) is 34.8 Å². The Hall–Kier alpha value is -3.91. The van der Waals surface area contributed by atoms with Crippen LogP contribution in [0.2, 0.25) is 15.5 Å². The smallest absolute Gasteiger partial charge is 0.348 e. The summed E-state index contributed by atoms with van der Waals surface area (Å²) in [5.41, 5.74) is 1.50. The van der Waals surface area contributed by atoms with Gasteiger partial charge in [0.2, 0.25) is 21.3 Å². The molecule has 0 amide bonds. The summed E-state index contributed by atoms with van der Waals surface area (Å²) in [5, 5.41) is 23.5. The van der Waals surface area contributed by atoms with Crippen LogP contribution in [0, 0.1) is 34.1 Å². The first-order valence-electron chi connectivity index (χ1n) is 10.00. The van der Waals surface area contributed by atoms with Crippen LogP contribution in [0.3, 0.4) is 0 Å². The lowest BCUT2D eigenvalue weighted by atomic mass is 10.2. The zero-order valence-electron chi connectivity index (χ0n) is 19.3. The number of hydrogen-bond acceptors (Lipinski definition) is 11. The van der Waals surface area contributed by atoms with E-state index < -0.39 is 15.5 Å². The third-order valence-electron chi connectivity index (χ3n) is 4.43. The quantitative estimate of drug-likeness (QED) is 0.141. The van der Waals surface area contributed by atoms with Crippen molar-refractivity contribution in [2.75, 3.05) is 5.32 Å². The Morgan fingerprint density at radius 1 is 0.816 bits per heavy atom. The topological polar surface area (TPSA) is 172 Å². The summed E-state index contributed by atoms with van der Waals surface area (Å²) in [6.45, 7) is 3.76. The lowest BCUT2D eigenvalue weighted by Gasteiger charge is -2.11. The van der Waals surface area contributed by atoms with Crippen molar-refractivity contribution in [3.63, 3.8) is 0 Å². The van der Waals surface area contributed by atoms with Crippen LogP contribution >= 0.6 is 47.2 Å². The van der Waals surface area contributed by atoms with E-state index in [1.165, 1.54) is 0 Å².